The maximum absolute atomic E-state index is 5.76. The molecule has 3 nitrogen and oxygen atoms in total. The molecule has 78 valence electrons. The average Bonchev–Trinajstić information content (AvgIpc) is 2.64. The second kappa shape index (κ2) is 6.35. The summed E-state index contributed by atoms with van der Waals surface area (Å²) in [7, 11) is 0. The zero-order chi connectivity index (χ0) is 9.52. The van der Waals surface area contributed by atoms with Gasteiger partial charge in [-0.1, -0.05) is 6.92 Å². The highest BCUT2D eigenvalue weighted by Crippen LogP contribution is 2.14. The highest BCUT2D eigenvalue weighted by molar-refractivity contribution is 4.65. The monoisotopic (exact) mass is 187 g/mol. The van der Waals surface area contributed by atoms with Crippen molar-refractivity contribution in [1.82, 2.24) is 0 Å². The van der Waals surface area contributed by atoms with Crippen LogP contribution in [0, 0.1) is 5.92 Å². The SMILES string of the molecule is CCC(CCN)OCC1CCOC1. The highest BCUT2D eigenvalue weighted by Gasteiger charge is 2.17. The lowest BCUT2D eigenvalue weighted by atomic mass is 10.1. The molecule has 0 aromatic carbocycles. The first-order valence-corrected chi connectivity index (χ1v) is 5.26. The van der Waals surface area contributed by atoms with Gasteiger partial charge in [-0.25, -0.2) is 0 Å². The van der Waals surface area contributed by atoms with Crippen molar-refractivity contribution in [2.24, 2.45) is 11.7 Å². The van der Waals surface area contributed by atoms with Gasteiger partial charge in [-0.2, -0.15) is 0 Å². The topological polar surface area (TPSA) is 44.5 Å². The summed E-state index contributed by atoms with van der Waals surface area (Å²) in [6.45, 7) is 5.49. The van der Waals surface area contributed by atoms with Gasteiger partial charge in [0.2, 0.25) is 0 Å². The minimum absolute atomic E-state index is 0.352. The van der Waals surface area contributed by atoms with E-state index in [-0.39, 0.29) is 0 Å². The molecule has 1 aliphatic heterocycles. The Kier molecular flexibility index (Phi) is 5.35. The molecule has 0 saturated carbocycles. The van der Waals surface area contributed by atoms with Crippen LogP contribution in [0.5, 0.6) is 0 Å². The Morgan fingerprint density at radius 2 is 2.46 bits per heavy atom. The minimum Gasteiger partial charge on any atom is -0.381 e. The van der Waals surface area contributed by atoms with Crippen LogP contribution in [0.25, 0.3) is 0 Å². The maximum Gasteiger partial charge on any atom is 0.0584 e. The smallest absolute Gasteiger partial charge is 0.0584 e. The van der Waals surface area contributed by atoms with Gasteiger partial charge in [-0.3, -0.25) is 0 Å². The van der Waals surface area contributed by atoms with E-state index in [2.05, 4.69) is 6.92 Å². The van der Waals surface area contributed by atoms with Crippen molar-refractivity contribution in [2.45, 2.75) is 32.3 Å². The quantitative estimate of drug-likeness (QED) is 0.679. The number of hydrogen-bond acceptors (Lipinski definition) is 3. The van der Waals surface area contributed by atoms with Crippen LogP contribution >= 0.6 is 0 Å². The molecular formula is C10H21NO2. The molecular weight excluding hydrogens is 166 g/mol. The highest BCUT2D eigenvalue weighted by atomic mass is 16.5. The van der Waals surface area contributed by atoms with Crippen LogP contribution in [-0.2, 0) is 9.47 Å². The van der Waals surface area contributed by atoms with Gasteiger partial charge in [0.1, 0.15) is 0 Å². The molecule has 2 atom stereocenters. The largest absolute Gasteiger partial charge is 0.381 e. The van der Waals surface area contributed by atoms with Crippen molar-refractivity contribution in [3.05, 3.63) is 0 Å². The van der Waals surface area contributed by atoms with Crippen LogP contribution in [-0.4, -0.2) is 32.5 Å². The van der Waals surface area contributed by atoms with Crippen LogP contribution in [0.15, 0.2) is 0 Å². The summed E-state index contributed by atoms with van der Waals surface area (Å²) in [4.78, 5) is 0. The van der Waals surface area contributed by atoms with Gasteiger partial charge in [-0.05, 0) is 25.8 Å². The molecule has 0 radical (unpaired) electrons. The summed E-state index contributed by atoms with van der Waals surface area (Å²) in [5.74, 6) is 0.617. The molecule has 13 heavy (non-hydrogen) atoms. The first kappa shape index (κ1) is 11.0. The molecule has 1 heterocycles. The molecule has 2 unspecified atom stereocenters. The molecule has 0 spiro atoms. The number of ether oxygens (including phenoxy) is 2. The Morgan fingerprint density at radius 3 is 3.00 bits per heavy atom. The predicted molar refractivity (Wildman–Crippen MR) is 52.6 cm³/mol. The van der Waals surface area contributed by atoms with Gasteiger partial charge in [0.15, 0.2) is 0 Å². The van der Waals surface area contributed by atoms with Crippen LogP contribution in [0.1, 0.15) is 26.2 Å². The molecule has 1 fully saturated rings. The molecule has 0 aliphatic carbocycles. The van der Waals surface area contributed by atoms with Crippen molar-refractivity contribution in [2.75, 3.05) is 26.4 Å². The Bertz CT molecular complexity index is 124. The van der Waals surface area contributed by atoms with Gasteiger partial charge in [0.05, 0.1) is 19.3 Å². The Morgan fingerprint density at radius 1 is 1.62 bits per heavy atom. The summed E-state index contributed by atoms with van der Waals surface area (Å²) in [5, 5.41) is 0. The van der Waals surface area contributed by atoms with Crippen LogP contribution in [0.4, 0.5) is 0 Å². The summed E-state index contributed by atoms with van der Waals surface area (Å²) < 4.78 is 11.0. The van der Waals surface area contributed by atoms with Crippen LogP contribution < -0.4 is 5.73 Å². The second-order valence-electron chi connectivity index (χ2n) is 3.67. The zero-order valence-corrected chi connectivity index (χ0v) is 8.50. The normalized spacial score (nSPS) is 24.9. The fourth-order valence-electron chi connectivity index (χ4n) is 1.58. The van der Waals surface area contributed by atoms with E-state index in [9.17, 15) is 0 Å². The second-order valence-corrected chi connectivity index (χ2v) is 3.67. The fraction of sp³-hybridized carbons (Fsp3) is 1.00. The molecule has 0 amide bonds. The molecule has 1 rings (SSSR count). The van der Waals surface area contributed by atoms with Crippen molar-refractivity contribution in [1.29, 1.82) is 0 Å². The first-order valence-electron chi connectivity index (χ1n) is 5.26. The Hall–Kier alpha value is -0.120. The Labute approximate surface area is 80.6 Å². The van der Waals surface area contributed by atoms with Crippen LogP contribution in [0.3, 0.4) is 0 Å². The van der Waals surface area contributed by atoms with E-state index in [0.29, 0.717) is 12.0 Å². The van der Waals surface area contributed by atoms with E-state index in [0.717, 1.165) is 45.6 Å². The standard InChI is InChI=1S/C10H21NO2/c1-2-10(3-5-11)13-8-9-4-6-12-7-9/h9-10H,2-8,11H2,1H3. The van der Waals surface area contributed by atoms with E-state index in [1.165, 1.54) is 0 Å². The molecule has 0 aromatic heterocycles. The summed E-state index contributed by atoms with van der Waals surface area (Å²) in [5.41, 5.74) is 5.48. The third kappa shape index (κ3) is 4.07. The van der Waals surface area contributed by atoms with Crippen LogP contribution in [0.2, 0.25) is 0 Å². The lowest BCUT2D eigenvalue weighted by Crippen LogP contribution is -2.21. The van der Waals surface area contributed by atoms with Gasteiger partial charge >= 0.3 is 0 Å². The van der Waals surface area contributed by atoms with E-state index in [1.807, 2.05) is 0 Å². The molecule has 1 saturated heterocycles. The van der Waals surface area contributed by atoms with Crippen molar-refractivity contribution in [3.8, 4) is 0 Å². The lowest BCUT2D eigenvalue weighted by molar-refractivity contribution is 0.0209. The lowest BCUT2D eigenvalue weighted by Gasteiger charge is -2.17. The first-order chi connectivity index (χ1) is 6.36. The van der Waals surface area contributed by atoms with Gasteiger partial charge in [0.25, 0.3) is 0 Å². The third-order valence-electron chi connectivity index (χ3n) is 2.54. The van der Waals surface area contributed by atoms with E-state index >= 15 is 0 Å². The minimum atomic E-state index is 0.352. The molecule has 0 bridgehead atoms. The fourth-order valence-corrected chi connectivity index (χ4v) is 1.58. The van der Waals surface area contributed by atoms with E-state index in [1.54, 1.807) is 0 Å². The molecule has 0 aromatic rings. The van der Waals surface area contributed by atoms with Crippen molar-refractivity contribution in [3.63, 3.8) is 0 Å². The molecule has 2 N–H and O–H groups in total. The van der Waals surface area contributed by atoms with Gasteiger partial charge in [-0.15, -0.1) is 0 Å². The summed E-state index contributed by atoms with van der Waals surface area (Å²) in [6.07, 6.45) is 3.54. The molecule has 3 heteroatoms. The average molecular weight is 187 g/mol. The Balaban J connectivity index is 2.07. The molecule has 1 aliphatic rings. The third-order valence-corrected chi connectivity index (χ3v) is 2.54. The summed E-state index contributed by atoms with van der Waals surface area (Å²) >= 11 is 0. The number of rotatable bonds is 6. The number of hydrogen-bond donors (Lipinski definition) is 1. The van der Waals surface area contributed by atoms with E-state index < -0.39 is 0 Å². The van der Waals surface area contributed by atoms with Crippen molar-refractivity contribution < 1.29 is 9.47 Å². The summed E-state index contributed by atoms with van der Waals surface area (Å²) in [6, 6.07) is 0. The van der Waals surface area contributed by atoms with E-state index in [4.69, 9.17) is 15.2 Å². The van der Waals surface area contributed by atoms with Crippen molar-refractivity contribution >= 4 is 0 Å². The van der Waals surface area contributed by atoms with Gasteiger partial charge in [0, 0.05) is 12.5 Å². The zero-order valence-electron chi connectivity index (χ0n) is 8.50. The van der Waals surface area contributed by atoms with Gasteiger partial charge < -0.3 is 15.2 Å². The predicted octanol–water partition coefficient (Wildman–Crippen LogP) is 1.17. The number of nitrogens with two attached hydrogens (primary N) is 1. The maximum atomic E-state index is 5.76.